The summed E-state index contributed by atoms with van der Waals surface area (Å²) in [7, 11) is 0. The van der Waals surface area contributed by atoms with Gasteiger partial charge in [-0.1, -0.05) is 0 Å². The largest absolute Gasteiger partial charge is 0.342 e. The maximum Gasteiger partial charge on any atom is 0.319 e. The minimum absolute atomic E-state index is 0.0836. The van der Waals surface area contributed by atoms with E-state index in [0.717, 1.165) is 39.0 Å². The molecule has 0 bridgehead atoms. The summed E-state index contributed by atoms with van der Waals surface area (Å²) < 4.78 is 12.9. The second-order valence-corrected chi connectivity index (χ2v) is 6.22. The van der Waals surface area contributed by atoms with Crippen molar-refractivity contribution >= 4 is 17.6 Å². The van der Waals surface area contributed by atoms with Crippen LogP contribution in [0.3, 0.4) is 0 Å². The SMILES string of the molecule is CCN(CC)C(=O)CN1CCC(NC(=O)Nc2ccc(F)cc2)CC1. The van der Waals surface area contributed by atoms with Crippen molar-refractivity contribution in [1.29, 1.82) is 0 Å². The summed E-state index contributed by atoms with van der Waals surface area (Å²) in [5.41, 5.74) is 0.557. The van der Waals surface area contributed by atoms with Crippen LogP contribution in [0.2, 0.25) is 0 Å². The Morgan fingerprint density at radius 1 is 1.16 bits per heavy atom. The van der Waals surface area contributed by atoms with Crippen LogP contribution in [0.4, 0.5) is 14.9 Å². The maximum atomic E-state index is 12.9. The molecule has 7 heteroatoms. The van der Waals surface area contributed by atoms with Crippen molar-refractivity contribution in [3.8, 4) is 0 Å². The maximum absolute atomic E-state index is 12.9. The summed E-state index contributed by atoms with van der Waals surface area (Å²) in [4.78, 5) is 28.1. The monoisotopic (exact) mass is 350 g/mol. The lowest BCUT2D eigenvalue weighted by Crippen LogP contribution is -2.48. The van der Waals surface area contributed by atoms with Crippen LogP contribution in [0.5, 0.6) is 0 Å². The fraction of sp³-hybridized carbons (Fsp3) is 0.556. The van der Waals surface area contributed by atoms with E-state index >= 15 is 0 Å². The van der Waals surface area contributed by atoms with Crippen LogP contribution in [0.1, 0.15) is 26.7 Å². The van der Waals surface area contributed by atoms with Gasteiger partial charge in [0.15, 0.2) is 0 Å². The van der Waals surface area contributed by atoms with Gasteiger partial charge in [-0.2, -0.15) is 0 Å². The normalized spacial score (nSPS) is 15.6. The number of halogens is 1. The third-order valence-corrected chi connectivity index (χ3v) is 4.50. The predicted molar refractivity (Wildman–Crippen MR) is 95.9 cm³/mol. The Labute approximate surface area is 148 Å². The number of amides is 3. The van der Waals surface area contributed by atoms with Gasteiger partial charge in [0.1, 0.15) is 5.82 Å². The smallest absolute Gasteiger partial charge is 0.319 e. The Balaban J connectivity index is 1.72. The molecule has 3 amide bonds. The van der Waals surface area contributed by atoms with E-state index in [1.54, 1.807) is 0 Å². The number of urea groups is 1. The van der Waals surface area contributed by atoms with Crippen molar-refractivity contribution in [2.24, 2.45) is 0 Å². The second kappa shape index (κ2) is 9.36. The van der Waals surface area contributed by atoms with Crippen LogP contribution >= 0.6 is 0 Å². The van der Waals surface area contributed by atoms with Crippen molar-refractivity contribution < 1.29 is 14.0 Å². The predicted octanol–water partition coefficient (Wildman–Crippen LogP) is 2.28. The first-order valence-electron chi connectivity index (χ1n) is 8.85. The molecule has 2 N–H and O–H groups in total. The molecule has 0 aromatic heterocycles. The summed E-state index contributed by atoms with van der Waals surface area (Å²) in [5.74, 6) is -0.178. The average molecular weight is 350 g/mol. The number of rotatable bonds is 6. The fourth-order valence-corrected chi connectivity index (χ4v) is 2.99. The number of carbonyl (C=O) groups excluding carboxylic acids is 2. The zero-order valence-corrected chi connectivity index (χ0v) is 14.9. The first kappa shape index (κ1) is 19.2. The highest BCUT2D eigenvalue weighted by atomic mass is 19.1. The van der Waals surface area contributed by atoms with Crippen LogP contribution in [-0.4, -0.2) is 60.5 Å². The Hall–Kier alpha value is -2.15. The molecule has 138 valence electrons. The molecule has 0 atom stereocenters. The Kier molecular flexibility index (Phi) is 7.18. The highest BCUT2D eigenvalue weighted by molar-refractivity contribution is 5.89. The quantitative estimate of drug-likeness (QED) is 0.827. The lowest BCUT2D eigenvalue weighted by molar-refractivity contribution is -0.132. The molecule has 25 heavy (non-hydrogen) atoms. The number of anilines is 1. The van der Waals surface area contributed by atoms with Crippen LogP contribution in [0.25, 0.3) is 0 Å². The molecular formula is C18H27FN4O2. The third kappa shape index (κ3) is 6.01. The molecule has 0 saturated carbocycles. The van der Waals surface area contributed by atoms with Crippen molar-refractivity contribution in [2.45, 2.75) is 32.7 Å². The first-order valence-corrected chi connectivity index (χ1v) is 8.85. The van der Waals surface area contributed by atoms with Crippen molar-refractivity contribution in [1.82, 2.24) is 15.1 Å². The van der Waals surface area contributed by atoms with Gasteiger partial charge in [-0.3, -0.25) is 9.69 Å². The minimum Gasteiger partial charge on any atom is -0.342 e. The molecule has 0 unspecified atom stereocenters. The Morgan fingerprint density at radius 2 is 1.76 bits per heavy atom. The zero-order chi connectivity index (χ0) is 18.2. The topological polar surface area (TPSA) is 64.7 Å². The molecule has 1 fully saturated rings. The van der Waals surface area contributed by atoms with Gasteiger partial charge in [0.2, 0.25) is 5.91 Å². The number of likely N-dealkylation sites (tertiary alicyclic amines) is 1. The number of nitrogens with zero attached hydrogens (tertiary/aromatic N) is 2. The number of piperidine rings is 1. The molecule has 1 heterocycles. The Bertz CT molecular complexity index is 567. The molecule has 0 radical (unpaired) electrons. The number of benzene rings is 1. The molecule has 6 nitrogen and oxygen atoms in total. The number of hydrogen-bond donors (Lipinski definition) is 2. The molecule has 1 saturated heterocycles. The first-order chi connectivity index (χ1) is 12.0. The number of nitrogens with one attached hydrogen (secondary N) is 2. The van der Waals surface area contributed by atoms with Gasteiger partial charge in [-0.15, -0.1) is 0 Å². The van der Waals surface area contributed by atoms with E-state index in [-0.39, 0.29) is 23.8 Å². The summed E-state index contributed by atoms with van der Waals surface area (Å²) in [6.45, 7) is 7.45. The van der Waals surface area contributed by atoms with E-state index in [0.29, 0.717) is 12.2 Å². The lowest BCUT2D eigenvalue weighted by Gasteiger charge is -2.33. The summed E-state index contributed by atoms with van der Waals surface area (Å²) in [6, 6.07) is 5.46. The standard InChI is InChI=1S/C18H27FN4O2/c1-3-23(4-2)17(24)13-22-11-9-16(10-12-22)21-18(25)20-15-7-5-14(19)6-8-15/h5-8,16H,3-4,9-13H2,1-2H3,(H2,20,21,25). The molecule has 0 aliphatic carbocycles. The number of carbonyl (C=O) groups is 2. The van der Waals surface area contributed by atoms with Crippen molar-refractivity contribution in [2.75, 3.05) is 38.0 Å². The molecule has 1 aromatic carbocycles. The van der Waals surface area contributed by atoms with Gasteiger partial charge < -0.3 is 15.5 Å². The summed E-state index contributed by atoms with van der Waals surface area (Å²) in [6.07, 6.45) is 1.62. The van der Waals surface area contributed by atoms with Crippen molar-refractivity contribution in [3.63, 3.8) is 0 Å². The average Bonchev–Trinajstić information content (AvgIpc) is 2.60. The summed E-state index contributed by atoms with van der Waals surface area (Å²) >= 11 is 0. The van der Waals surface area contributed by atoms with Gasteiger partial charge in [-0.05, 0) is 51.0 Å². The second-order valence-electron chi connectivity index (χ2n) is 6.22. The zero-order valence-electron chi connectivity index (χ0n) is 14.9. The molecule has 1 aliphatic rings. The molecule has 0 spiro atoms. The van der Waals surface area contributed by atoms with E-state index < -0.39 is 0 Å². The van der Waals surface area contributed by atoms with E-state index in [9.17, 15) is 14.0 Å². The highest BCUT2D eigenvalue weighted by Crippen LogP contribution is 2.12. The number of hydrogen-bond acceptors (Lipinski definition) is 3. The molecule has 2 rings (SSSR count). The third-order valence-electron chi connectivity index (χ3n) is 4.50. The lowest BCUT2D eigenvalue weighted by atomic mass is 10.1. The van der Waals surface area contributed by atoms with Gasteiger partial charge >= 0.3 is 6.03 Å². The highest BCUT2D eigenvalue weighted by Gasteiger charge is 2.23. The fourth-order valence-electron chi connectivity index (χ4n) is 2.99. The van der Waals surface area contributed by atoms with Gasteiger partial charge in [0, 0.05) is 37.9 Å². The van der Waals surface area contributed by atoms with Crippen molar-refractivity contribution in [3.05, 3.63) is 30.1 Å². The molecule has 1 aliphatic heterocycles. The van der Waals surface area contributed by atoms with Crippen LogP contribution in [0, 0.1) is 5.82 Å². The minimum atomic E-state index is -0.336. The molecular weight excluding hydrogens is 323 g/mol. The van der Waals surface area contributed by atoms with E-state index in [2.05, 4.69) is 15.5 Å². The van der Waals surface area contributed by atoms with Crippen LogP contribution in [-0.2, 0) is 4.79 Å². The van der Waals surface area contributed by atoms with E-state index in [1.165, 1.54) is 24.3 Å². The van der Waals surface area contributed by atoms with Crippen LogP contribution < -0.4 is 10.6 Å². The van der Waals surface area contributed by atoms with Gasteiger partial charge in [0.05, 0.1) is 6.54 Å². The molecule has 1 aromatic rings. The van der Waals surface area contributed by atoms with E-state index in [4.69, 9.17) is 0 Å². The Morgan fingerprint density at radius 3 is 2.32 bits per heavy atom. The van der Waals surface area contributed by atoms with Crippen LogP contribution in [0.15, 0.2) is 24.3 Å². The van der Waals surface area contributed by atoms with Gasteiger partial charge in [0.25, 0.3) is 0 Å². The summed E-state index contributed by atoms with van der Waals surface area (Å²) in [5, 5.41) is 5.63. The van der Waals surface area contributed by atoms with Gasteiger partial charge in [-0.25, -0.2) is 9.18 Å². The number of likely N-dealkylation sites (N-methyl/N-ethyl adjacent to an activating group) is 1. The van der Waals surface area contributed by atoms with E-state index in [1.807, 2.05) is 18.7 Å².